The molecule has 1 aromatic rings. The third kappa shape index (κ3) is 4.63. The number of nitrogen functional groups attached to an aromatic ring is 1. The Hall–Kier alpha value is -1.75. The number of nitrogens with one attached hydrogen (secondary N) is 1. The summed E-state index contributed by atoms with van der Waals surface area (Å²) in [5.41, 5.74) is 7.94. The van der Waals surface area contributed by atoms with E-state index in [-0.39, 0.29) is 5.97 Å². The van der Waals surface area contributed by atoms with E-state index in [0.29, 0.717) is 17.9 Å². The second-order valence-electron chi connectivity index (χ2n) is 5.35. The summed E-state index contributed by atoms with van der Waals surface area (Å²) < 4.78 is 4.96. The predicted molar refractivity (Wildman–Crippen MR) is 85.6 cm³/mol. The van der Waals surface area contributed by atoms with Crippen LogP contribution in [0, 0.1) is 0 Å². The van der Waals surface area contributed by atoms with Gasteiger partial charge in [-0.15, -0.1) is 0 Å². The minimum atomic E-state index is -0.330. The number of carbonyl (C=O) groups excluding carboxylic acids is 1. The van der Waals surface area contributed by atoms with Gasteiger partial charge in [0, 0.05) is 13.1 Å². The number of rotatable bonds is 6. The molecule has 0 atom stereocenters. The van der Waals surface area contributed by atoms with Crippen molar-refractivity contribution >= 4 is 17.3 Å². The minimum Gasteiger partial charge on any atom is -0.462 e. The zero-order valence-electron chi connectivity index (χ0n) is 12.7. The predicted octanol–water partition coefficient (Wildman–Crippen LogP) is 2.34. The third-order valence-electron chi connectivity index (χ3n) is 3.75. The lowest BCUT2D eigenvalue weighted by Crippen LogP contribution is -2.33. The molecule has 1 saturated heterocycles. The molecule has 5 nitrogen and oxygen atoms in total. The fourth-order valence-corrected chi connectivity index (χ4v) is 2.60. The fourth-order valence-electron chi connectivity index (χ4n) is 2.60. The summed E-state index contributed by atoms with van der Waals surface area (Å²) in [5.74, 6) is -0.330. The van der Waals surface area contributed by atoms with Crippen molar-refractivity contribution in [2.45, 2.75) is 26.2 Å². The highest BCUT2D eigenvalue weighted by Crippen LogP contribution is 2.20. The van der Waals surface area contributed by atoms with E-state index in [9.17, 15) is 4.79 Å². The van der Waals surface area contributed by atoms with Crippen LogP contribution >= 0.6 is 0 Å². The Morgan fingerprint density at radius 1 is 1.33 bits per heavy atom. The third-order valence-corrected chi connectivity index (χ3v) is 3.75. The number of hydrogen-bond donors (Lipinski definition) is 2. The summed E-state index contributed by atoms with van der Waals surface area (Å²) in [6, 6.07) is 5.26. The first kappa shape index (κ1) is 15.6. The molecular weight excluding hydrogens is 266 g/mol. The number of esters is 1. The Kier molecular flexibility index (Phi) is 5.87. The highest BCUT2D eigenvalue weighted by Gasteiger charge is 2.11. The van der Waals surface area contributed by atoms with Crippen LogP contribution in [-0.2, 0) is 4.74 Å². The van der Waals surface area contributed by atoms with Gasteiger partial charge in [0.1, 0.15) is 0 Å². The van der Waals surface area contributed by atoms with Crippen LogP contribution in [0.3, 0.4) is 0 Å². The summed E-state index contributed by atoms with van der Waals surface area (Å²) in [4.78, 5) is 14.1. The molecule has 0 aromatic heterocycles. The van der Waals surface area contributed by atoms with E-state index >= 15 is 0 Å². The summed E-state index contributed by atoms with van der Waals surface area (Å²) in [7, 11) is 0. The van der Waals surface area contributed by atoms with Gasteiger partial charge < -0.3 is 20.7 Å². The molecule has 1 fully saturated rings. The molecule has 5 heteroatoms. The first-order valence-corrected chi connectivity index (χ1v) is 7.73. The lowest BCUT2D eigenvalue weighted by atomic mass is 10.1. The van der Waals surface area contributed by atoms with E-state index in [2.05, 4.69) is 10.2 Å². The number of likely N-dealkylation sites (tertiary alicyclic amines) is 1. The quantitative estimate of drug-likeness (QED) is 0.622. The maximum Gasteiger partial charge on any atom is 0.338 e. The Morgan fingerprint density at radius 2 is 2.10 bits per heavy atom. The van der Waals surface area contributed by atoms with Gasteiger partial charge in [-0.3, -0.25) is 0 Å². The van der Waals surface area contributed by atoms with E-state index in [4.69, 9.17) is 10.5 Å². The molecule has 1 aromatic carbocycles. The maximum absolute atomic E-state index is 11.6. The van der Waals surface area contributed by atoms with Gasteiger partial charge in [-0.2, -0.15) is 0 Å². The zero-order valence-corrected chi connectivity index (χ0v) is 12.7. The topological polar surface area (TPSA) is 67.6 Å². The average molecular weight is 291 g/mol. The molecule has 0 unspecified atom stereocenters. The van der Waals surface area contributed by atoms with Crippen molar-refractivity contribution in [1.82, 2.24) is 4.90 Å². The van der Waals surface area contributed by atoms with Crippen LogP contribution < -0.4 is 11.1 Å². The molecule has 1 heterocycles. The van der Waals surface area contributed by atoms with Crippen LogP contribution in [0.1, 0.15) is 36.5 Å². The Labute approximate surface area is 126 Å². The monoisotopic (exact) mass is 291 g/mol. The zero-order chi connectivity index (χ0) is 15.1. The molecule has 1 aliphatic rings. The van der Waals surface area contributed by atoms with Gasteiger partial charge in [-0.25, -0.2) is 4.79 Å². The molecule has 0 radical (unpaired) electrons. The van der Waals surface area contributed by atoms with Crippen molar-refractivity contribution in [2.24, 2.45) is 0 Å². The molecule has 0 spiro atoms. The van der Waals surface area contributed by atoms with Gasteiger partial charge in [0.25, 0.3) is 0 Å². The van der Waals surface area contributed by atoms with Crippen LogP contribution in [-0.4, -0.2) is 43.7 Å². The molecule has 2 rings (SSSR count). The minimum absolute atomic E-state index is 0.330. The number of hydrogen-bond acceptors (Lipinski definition) is 5. The van der Waals surface area contributed by atoms with E-state index in [1.54, 1.807) is 19.1 Å². The van der Waals surface area contributed by atoms with Crippen molar-refractivity contribution in [3.05, 3.63) is 23.8 Å². The lowest BCUT2D eigenvalue weighted by Gasteiger charge is -2.26. The number of piperidine rings is 1. The summed E-state index contributed by atoms with van der Waals surface area (Å²) >= 11 is 0. The molecule has 3 N–H and O–H groups in total. The Bertz CT molecular complexity index is 471. The van der Waals surface area contributed by atoms with E-state index in [0.717, 1.165) is 18.8 Å². The number of carbonyl (C=O) groups is 1. The molecule has 116 valence electrons. The second-order valence-corrected chi connectivity index (χ2v) is 5.35. The Morgan fingerprint density at radius 3 is 2.76 bits per heavy atom. The van der Waals surface area contributed by atoms with Gasteiger partial charge in [0.05, 0.1) is 23.5 Å². The molecule has 0 amide bonds. The molecule has 21 heavy (non-hydrogen) atoms. The highest BCUT2D eigenvalue weighted by atomic mass is 16.5. The molecule has 0 bridgehead atoms. The van der Waals surface area contributed by atoms with Gasteiger partial charge in [-0.1, -0.05) is 6.42 Å². The van der Waals surface area contributed by atoms with Gasteiger partial charge in [0.15, 0.2) is 0 Å². The van der Waals surface area contributed by atoms with Crippen molar-refractivity contribution in [3.63, 3.8) is 0 Å². The van der Waals surface area contributed by atoms with Crippen molar-refractivity contribution in [3.8, 4) is 0 Å². The van der Waals surface area contributed by atoms with Crippen molar-refractivity contribution in [1.29, 1.82) is 0 Å². The number of ether oxygens (including phenoxy) is 1. The normalized spacial score (nSPS) is 15.7. The molecule has 0 saturated carbocycles. The number of anilines is 2. The molecule has 0 aliphatic carbocycles. The van der Waals surface area contributed by atoms with Crippen LogP contribution in [0.25, 0.3) is 0 Å². The van der Waals surface area contributed by atoms with E-state index < -0.39 is 0 Å². The second kappa shape index (κ2) is 7.88. The van der Waals surface area contributed by atoms with Gasteiger partial charge in [-0.05, 0) is 51.1 Å². The lowest BCUT2D eigenvalue weighted by molar-refractivity contribution is 0.0526. The van der Waals surface area contributed by atoms with Crippen LogP contribution in [0.15, 0.2) is 18.2 Å². The van der Waals surface area contributed by atoms with Crippen LogP contribution in [0.4, 0.5) is 11.4 Å². The molecular formula is C16H25N3O2. The van der Waals surface area contributed by atoms with Gasteiger partial charge in [0.2, 0.25) is 0 Å². The van der Waals surface area contributed by atoms with Crippen molar-refractivity contribution in [2.75, 3.05) is 43.8 Å². The fraction of sp³-hybridized carbons (Fsp3) is 0.562. The van der Waals surface area contributed by atoms with E-state index in [1.807, 2.05) is 6.07 Å². The number of benzene rings is 1. The first-order chi connectivity index (χ1) is 10.2. The largest absolute Gasteiger partial charge is 0.462 e. The van der Waals surface area contributed by atoms with Crippen molar-refractivity contribution < 1.29 is 9.53 Å². The summed E-state index contributed by atoms with van der Waals surface area (Å²) in [6.45, 7) is 6.44. The average Bonchev–Trinajstić information content (AvgIpc) is 2.50. The smallest absolute Gasteiger partial charge is 0.338 e. The standard InChI is InChI=1S/C16H25N3O2/c1-2-21-16(20)13-6-7-15(14(17)12-13)18-8-11-19-9-4-3-5-10-19/h6-7,12,18H,2-5,8-11,17H2,1H3. The summed E-state index contributed by atoms with van der Waals surface area (Å²) in [6.07, 6.45) is 3.96. The maximum atomic E-state index is 11.6. The SMILES string of the molecule is CCOC(=O)c1ccc(NCCN2CCCCC2)c(N)c1. The molecule has 1 aliphatic heterocycles. The Balaban J connectivity index is 1.84. The number of nitrogens with two attached hydrogens (primary N) is 1. The summed E-state index contributed by atoms with van der Waals surface area (Å²) in [5, 5.41) is 3.34. The van der Waals surface area contributed by atoms with E-state index in [1.165, 1.54) is 32.4 Å². The van der Waals surface area contributed by atoms with Crippen LogP contribution in [0.2, 0.25) is 0 Å². The van der Waals surface area contributed by atoms with Gasteiger partial charge >= 0.3 is 5.97 Å². The van der Waals surface area contributed by atoms with Crippen LogP contribution in [0.5, 0.6) is 0 Å². The highest BCUT2D eigenvalue weighted by molar-refractivity contribution is 5.91. The first-order valence-electron chi connectivity index (χ1n) is 7.73. The number of nitrogens with zero attached hydrogens (tertiary/aromatic N) is 1.